The number of carbonyl (C=O) groups excluding carboxylic acids is 2. The van der Waals surface area contributed by atoms with E-state index in [9.17, 15) is 14.8 Å². The summed E-state index contributed by atoms with van der Waals surface area (Å²) in [7, 11) is 0. The number of hydrogen-bond donors (Lipinski definition) is 2. The quantitative estimate of drug-likeness (QED) is 0.836. The normalized spacial score (nSPS) is 17.7. The second kappa shape index (κ2) is 5.87. The van der Waals surface area contributed by atoms with E-state index in [-0.39, 0.29) is 6.54 Å². The molecule has 1 atom stereocenters. The van der Waals surface area contributed by atoms with Crippen molar-refractivity contribution >= 4 is 17.6 Å². The summed E-state index contributed by atoms with van der Waals surface area (Å²) in [6.45, 7) is -0.172. The topological polar surface area (TPSA) is 72.9 Å². The molecule has 112 valence electrons. The van der Waals surface area contributed by atoms with Crippen molar-refractivity contribution in [1.82, 2.24) is 9.96 Å². The van der Waals surface area contributed by atoms with Crippen molar-refractivity contribution in [1.29, 1.82) is 0 Å². The van der Waals surface area contributed by atoms with E-state index in [4.69, 9.17) is 0 Å². The molecule has 3 amide bonds. The average molecular weight is 297 g/mol. The molecular weight excluding hydrogens is 282 g/mol. The number of para-hydroxylation sites is 1. The zero-order valence-corrected chi connectivity index (χ0v) is 11.7. The van der Waals surface area contributed by atoms with E-state index in [1.54, 1.807) is 48.5 Å². The first-order valence-corrected chi connectivity index (χ1v) is 6.85. The van der Waals surface area contributed by atoms with Gasteiger partial charge in [-0.1, -0.05) is 48.5 Å². The lowest BCUT2D eigenvalue weighted by Crippen LogP contribution is -2.37. The van der Waals surface area contributed by atoms with Crippen LogP contribution in [0.5, 0.6) is 0 Å². The summed E-state index contributed by atoms with van der Waals surface area (Å²) in [6.07, 6.45) is -0.822. The Morgan fingerprint density at radius 1 is 1.05 bits per heavy atom. The second-order valence-corrected chi connectivity index (χ2v) is 4.95. The predicted molar refractivity (Wildman–Crippen MR) is 80.0 cm³/mol. The summed E-state index contributed by atoms with van der Waals surface area (Å²) < 4.78 is 0. The van der Waals surface area contributed by atoms with Gasteiger partial charge in [0, 0.05) is 5.69 Å². The molecule has 2 N–H and O–H groups in total. The molecular formula is C16H15N3O3. The number of nitrogens with one attached hydrogen (secondary N) is 1. The molecule has 1 saturated heterocycles. The van der Waals surface area contributed by atoms with Crippen LogP contribution in [0.1, 0.15) is 11.7 Å². The van der Waals surface area contributed by atoms with E-state index in [0.717, 1.165) is 0 Å². The summed E-state index contributed by atoms with van der Waals surface area (Å²) in [6, 6.07) is 17.4. The number of benzene rings is 2. The van der Waals surface area contributed by atoms with Crippen molar-refractivity contribution in [3.05, 3.63) is 66.2 Å². The number of urea groups is 1. The lowest BCUT2D eigenvalue weighted by atomic mass is 10.1. The Balaban J connectivity index is 1.84. The highest BCUT2D eigenvalue weighted by Gasteiger charge is 2.41. The minimum absolute atomic E-state index is 0.172. The molecule has 0 saturated carbocycles. The molecule has 2 aromatic carbocycles. The standard InChI is InChI=1S/C16H15N3O3/c20-14-11-18(16(21)17-13-9-5-2-6-10-13)15(19(14)22)12-7-3-1-4-8-12/h1-10,15,22H,11H2,(H,17,21)/t15-/m0/s1. The second-order valence-electron chi connectivity index (χ2n) is 4.95. The molecule has 6 nitrogen and oxygen atoms in total. The average Bonchev–Trinajstić information content (AvgIpc) is 2.85. The van der Waals surface area contributed by atoms with Crippen LogP contribution in [0.4, 0.5) is 10.5 Å². The Bertz CT molecular complexity index is 676. The van der Waals surface area contributed by atoms with E-state index >= 15 is 0 Å². The van der Waals surface area contributed by atoms with Gasteiger partial charge in [-0.3, -0.25) is 14.9 Å². The molecule has 0 aromatic heterocycles. The SMILES string of the molecule is O=C1CN(C(=O)Nc2ccccc2)[C@H](c2ccccc2)N1O. The lowest BCUT2D eigenvalue weighted by Gasteiger charge is -2.26. The molecule has 22 heavy (non-hydrogen) atoms. The highest BCUT2D eigenvalue weighted by Crippen LogP contribution is 2.29. The maximum absolute atomic E-state index is 12.4. The highest BCUT2D eigenvalue weighted by atomic mass is 16.5. The van der Waals surface area contributed by atoms with Crippen LogP contribution in [0.2, 0.25) is 0 Å². The van der Waals surface area contributed by atoms with Gasteiger partial charge in [0.2, 0.25) is 0 Å². The van der Waals surface area contributed by atoms with Gasteiger partial charge in [-0.15, -0.1) is 0 Å². The number of rotatable bonds is 2. The van der Waals surface area contributed by atoms with Gasteiger partial charge in [-0.25, -0.2) is 4.79 Å². The van der Waals surface area contributed by atoms with Gasteiger partial charge < -0.3 is 5.32 Å². The maximum atomic E-state index is 12.4. The third kappa shape index (κ3) is 2.64. The van der Waals surface area contributed by atoms with Crippen LogP contribution in [-0.4, -0.2) is 33.7 Å². The van der Waals surface area contributed by atoms with Crippen molar-refractivity contribution in [3.8, 4) is 0 Å². The van der Waals surface area contributed by atoms with E-state index in [1.165, 1.54) is 4.90 Å². The molecule has 0 spiro atoms. The van der Waals surface area contributed by atoms with Crippen LogP contribution in [0, 0.1) is 0 Å². The van der Waals surface area contributed by atoms with Crippen molar-refractivity contribution in [2.45, 2.75) is 6.17 Å². The van der Waals surface area contributed by atoms with Crippen LogP contribution in [0.15, 0.2) is 60.7 Å². The Kier molecular flexibility index (Phi) is 3.76. The lowest BCUT2D eigenvalue weighted by molar-refractivity contribution is -0.168. The van der Waals surface area contributed by atoms with E-state index in [1.807, 2.05) is 12.1 Å². The Morgan fingerprint density at radius 2 is 1.64 bits per heavy atom. The summed E-state index contributed by atoms with van der Waals surface area (Å²) in [5.74, 6) is -0.517. The molecule has 6 heteroatoms. The van der Waals surface area contributed by atoms with Crippen LogP contribution in [0.3, 0.4) is 0 Å². The van der Waals surface area contributed by atoms with E-state index in [0.29, 0.717) is 16.3 Å². The Morgan fingerprint density at radius 3 is 2.27 bits per heavy atom. The first kappa shape index (κ1) is 14.1. The molecule has 1 aliphatic rings. The smallest absolute Gasteiger partial charge is 0.308 e. The van der Waals surface area contributed by atoms with Crippen molar-refractivity contribution in [3.63, 3.8) is 0 Å². The molecule has 1 aliphatic heterocycles. The molecule has 0 aliphatic carbocycles. The third-order valence-electron chi connectivity index (χ3n) is 3.47. The first-order chi connectivity index (χ1) is 10.7. The minimum Gasteiger partial charge on any atom is -0.308 e. The molecule has 1 fully saturated rings. The largest absolute Gasteiger partial charge is 0.324 e. The summed E-state index contributed by atoms with van der Waals surface area (Å²) in [5, 5.41) is 13.3. The van der Waals surface area contributed by atoms with Gasteiger partial charge in [0.1, 0.15) is 6.54 Å². The van der Waals surface area contributed by atoms with Crippen LogP contribution >= 0.6 is 0 Å². The van der Waals surface area contributed by atoms with Gasteiger partial charge in [-0.05, 0) is 17.7 Å². The van der Waals surface area contributed by atoms with Gasteiger partial charge in [-0.2, -0.15) is 5.06 Å². The van der Waals surface area contributed by atoms with Crippen LogP contribution < -0.4 is 5.32 Å². The zero-order valence-electron chi connectivity index (χ0n) is 11.7. The van der Waals surface area contributed by atoms with Crippen LogP contribution in [-0.2, 0) is 4.79 Å². The first-order valence-electron chi connectivity index (χ1n) is 6.85. The predicted octanol–water partition coefficient (Wildman–Crippen LogP) is 2.45. The fraction of sp³-hybridized carbons (Fsp3) is 0.125. The van der Waals surface area contributed by atoms with E-state index in [2.05, 4.69) is 5.32 Å². The summed E-state index contributed by atoms with van der Waals surface area (Å²) in [4.78, 5) is 25.5. The molecule has 0 unspecified atom stereocenters. The summed E-state index contributed by atoms with van der Waals surface area (Å²) in [5.41, 5.74) is 1.29. The fourth-order valence-electron chi connectivity index (χ4n) is 2.42. The monoisotopic (exact) mass is 297 g/mol. The van der Waals surface area contributed by atoms with Gasteiger partial charge in [0.05, 0.1) is 0 Å². The number of carbonyl (C=O) groups is 2. The Labute approximate surface area is 127 Å². The zero-order chi connectivity index (χ0) is 15.5. The number of amides is 3. The third-order valence-corrected chi connectivity index (χ3v) is 3.47. The van der Waals surface area contributed by atoms with E-state index < -0.39 is 18.1 Å². The molecule has 2 aromatic rings. The van der Waals surface area contributed by atoms with Gasteiger partial charge in [0.25, 0.3) is 5.91 Å². The van der Waals surface area contributed by atoms with Gasteiger partial charge in [0.15, 0.2) is 6.17 Å². The van der Waals surface area contributed by atoms with Crippen LogP contribution in [0.25, 0.3) is 0 Å². The van der Waals surface area contributed by atoms with Crippen molar-refractivity contribution in [2.75, 3.05) is 11.9 Å². The maximum Gasteiger partial charge on any atom is 0.324 e. The number of nitrogens with zero attached hydrogens (tertiary/aromatic N) is 2. The minimum atomic E-state index is -0.822. The fourth-order valence-corrected chi connectivity index (χ4v) is 2.42. The number of hydroxylamine groups is 2. The van der Waals surface area contributed by atoms with Crippen molar-refractivity contribution in [2.24, 2.45) is 0 Å². The number of anilines is 1. The highest BCUT2D eigenvalue weighted by molar-refractivity contribution is 5.94. The van der Waals surface area contributed by atoms with Gasteiger partial charge >= 0.3 is 6.03 Å². The molecule has 0 radical (unpaired) electrons. The molecule has 1 heterocycles. The summed E-state index contributed by atoms with van der Waals surface area (Å²) >= 11 is 0. The van der Waals surface area contributed by atoms with Crippen molar-refractivity contribution < 1.29 is 14.8 Å². The molecule has 3 rings (SSSR count). The molecule has 0 bridgehead atoms. The Hall–Kier alpha value is -2.86. The number of hydrogen-bond acceptors (Lipinski definition) is 3.